The summed E-state index contributed by atoms with van der Waals surface area (Å²) in [6, 6.07) is 17.2. The number of allylic oxidation sites excluding steroid dienone is 1. The van der Waals surface area contributed by atoms with Crippen LogP contribution >= 0.6 is 0 Å². The van der Waals surface area contributed by atoms with Gasteiger partial charge in [0.1, 0.15) is 5.69 Å². The Balaban J connectivity index is 1.73. The van der Waals surface area contributed by atoms with Gasteiger partial charge in [-0.05, 0) is 48.6 Å². The van der Waals surface area contributed by atoms with E-state index >= 15 is 0 Å². The van der Waals surface area contributed by atoms with Crippen LogP contribution in [0, 0.1) is 0 Å². The molecule has 5 heteroatoms. The second-order valence-corrected chi connectivity index (χ2v) is 5.89. The summed E-state index contributed by atoms with van der Waals surface area (Å²) in [5, 5.41) is 4.72. The molecule has 0 aliphatic rings. The monoisotopic (exact) mass is 352 g/mol. The summed E-state index contributed by atoms with van der Waals surface area (Å²) in [6.07, 6.45) is 11.9. The van der Waals surface area contributed by atoms with Crippen molar-refractivity contribution in [3.05, 3.63) is 103 Å². The van der Waals surface area contributed by atoms with Gasteiger partial charge in [0.15, 0.2) is 5.78 Å². The fraction of sp³-hybridized carbons (Fsp3) is 0. The predicted molar refractivity (Wildman–Crippen MR) is 104 cm³/mol. The van der Waals surface area contributed by atoms with Crippen molar-refractivity contribution in [3.63, 3.8) is 0 Å². The van der Waals surface area contributed by atoms with Gasteiger partial charge in [-0.1, -0.05) is 18.2 Å². The van der Waals surface area contributed by atoms with E-state index in [-0.39, 0.29) is 5.78 Å². The first-order chi connectivity index (χ1) is 13.3. The van der Waals surface area contributed by atoms with Crippen LogP contribution in [0.5, 0.6) is 0 Å². The maximum absolute atomic E-state index is 12.4. The topological polar surface area (TPSA) is 60.7 Å². The van der Waals surface area contributed by atoms with Crippen molar-refractivity contribution in [2.45, 2.75) is 0 Å². The molecule has 1 aromatic carbocycles. The van der Waals surface area contributed by atoms with Gasteiger partial charge in [0.2, 0.25) is 0 Å². The molecule has 0 saturated carbocycles. The highest BCUT2D eigenvalue weighted by atomic mass is 16.1. The molecule has 3 aromatic heterocycles. The molecule has 0 atom stereocenters. The summed E-state index contributed by atoms with van der Waals surface area (Å²) in [5.74, 6) is -0.101. The van der Waals surface area contributed by atoms with Gasteiger partial charge >= 0.3 is 0 Å². The minimum absolute atomic E-state index is 0.101. The lowest BCUT2D eigenvalue weighted by Gasteiger charge is -2.00. The summed E-state index contributed by atoms with van der Waals surface area (Å²) in [4.78, 5) is 20.4. The van der Waals surface area contributed by atoms with E-state index < -0.39 is 0 Å². The Labute approximate surface area is 156 Å². The average Bonchev–Trinajstić information content (AvgIpc) is 3.18. The first-order valence-electron chi connectivity index (χ1n) is 8.49. The average molecular weight is 352 g/mol. The number of carbonyl (C=O) groups is 1. The molecular weight excluding hydrogens is 336 g/mol. The lowest BCUT2D eigenvalue weighted by molar-refractivity contribution is 0.104. The molecule has 27 heavy (non-hydrogen) atoms. The number of aromatic nitrogens is 4. The molecule has 0 N–H and O–H groups in total. The lowest BCUT2D eigenvalue weighted by Crippen LogP contribution is -1.94. The van der Waals surface area contributed by atoms with Crippen LogP contribution < -0.4 is 0 Å². The molecule has 130 valence electrons. The maximum atomic E-state index is 12.4. The largest absolute Gasteiger partial charge is 0.289 e. The predicted octanol–water partition coefficient (Wildman–Crippen LogP) is 4.23. The normalized spacial score (nSPS) is 11.0. The van der Waals surface area contributed by atoms with E-state index in [1.54, 1.807) is 49.1 Å². The van der Waals surface area contributed by atoms with Crippen molar-refractivity contribution < 1.29 is 4.79 Å². The summed E-state index contributed by atoms with van der Waals surface area (Å²) in [7, 11) is 0. The highest BCUT2D eigenvalue weighted by Crippen LogP contribution is 2.24. The van der Waals surface area contributed by atoms with Gasteiger partial charge in [0.05, 0.1) is 5.69 Å². The molecule has 0 amide bonds. The zero-order chi connectivity index (χ0) is 18.5. The second-order valence-electron chi connectivity index (χ2n) is 5.89. The standard InChI is InChI=1S/C22H16N4O/c27-21(18-5-4-12-24-15-18)9-8-19-16-26(20-6-2-1-3-7-20)25-22(19)17-10-13-23-14-11-17/h1-16H/b9-8+. The molecule has 0 aliphatic carbocycles. The third-order valence-corrected chi connectivity index (χ3v) is 4.08. The fourth-order valence-electron chi connectivity index (χ4n) is 2.73. The van der Waals surface area contributed by atoms with Gasteiger partial charge < -0.3 is 0 Å². The van der Waals surface area contributed by atoms with Gasteiger partial charge in [-0.15, -0.1) is 0 Å². The van der Waals surface area contributed by atoms with Crippen molar-refractivity contribution in [1.82, 2.24) is 19.7 Å². The number of ketones is 1. The molecule has 0 spiro atoms. The zero-order valence-electron chi connectivity index (χ0n) is 14.4. The molecule has 4 rings (SSSR count). The number of hydrogen-bond donors (Lipinski definition) is 0. The molecule has 0 fully saturated rings. The Morgan fingerprint density at radius 3 is 2.44 bits per heavy atom. The van der Waals surface area contributed by atoms with Crippen LogP contribution in [0.25, 0.3) is 23.0 Å². The highest BCUT2D eigenvalue weighted by molar-refractivity contribution is 6.06. The van der Waals surface area contributed by atoms with Gasteiger partial charge in [-0.2, -0.15) is 5.10 Å². The van der Waals surface area contributed by atoms with Crippen molar-refractivity contribution in [1.29, 1.82) is 0 Å². The smallest absolute Gasteiger partial charge is 0.187 e. The number of pyridine rings is 2. The van der Waals surface area contributed by atoms with Crippen LogP contribution in [0.4, 0.5) is 0 Å². The van der Waals surface area contributed by atoms with Crippen LogP contribution in [-0.4, -0.2) is 25.5 Å². The molecule has 5 nitrogen and oxygen atoms in total. The van der Waals surface area contributed by atoms with Gasteiger partial charge in [-0.3, -0.25) is 14.8 Å². The third kappa shape index (κ3) is 3.72. The first-order valence-corrected chi connectivity index (χ1v) is 8.49. The summed E-state index contributed by atoms with van der Waals surface area (Å²) < 4.78 is 1.81. The number of para-hydroxylation sites is 1. The Kier molecular flexibility index (Phi) is 4.66. The number of nitrogens with zero attached hydrogens (tertiary/aromatic N) is 4. The first kappa shape index (κ1) is 16.6. The maximum Gasteiger partial charge on any atom is 0.187 e. The Morgan fingerprint density at radius 2 is 1.70 bits per heavy atom. The quantitative estimate of drug-likeness (QED) is 0.398. The van der Waals surface area contributed by atoms with Crippen LogP contribution in [0.2, 0.25) is 0 Å². The molecular formula is C22H16N4O. The second kappa shape index (κ2) is 7.58. The molecule has 0 radical (unpaired) electrons. The number of carbonyl (C=O) groups excluding carboxylic acids is 1. The van der Waals surface area contributed by atoms with Crippen molar-refractivity contribution in [3.8, 4) is 16.9 Å². The van der Waals surface area contributed by atoms with E-state index in [2.05, 4.69) is 9.97 Å². The molecule has 0 saturated heterocycles. The SMILES string of the molecule is O=C(/C=C/c1cn(-c2ccccc2)nc1-c1ccncc1)c1cccnc1. The van der Waals surface area contributed by atoms with Gasteiger partial charge in [0, 0.05) is 47.7 Å². The Morgan fingerprint density at radius 1 is 0.889 bits per heavy atom. The van der Waals surface area contributed by atoms with Gasteiger partial charge in [-0.25, -0.2) is 4.68 Å². The minimum atomic E-state index is -0.101. The highest BCUT2D eigenvalue weighted by Gasteiger charge is 2.11. The van der Waals surface area contributed by atoms with Crippen LogP contribution in [-0.2, 0) is 0 Å². The van der Waals surface area contributed by atoms with Crippen molar-refractivity contribution in [2.75, 3.05) is 0 Å². The van der Waals surface area contributed by atoms with E-state index in [0.29, 0.717) is 5.56 Å². The number of rotatable bonds is 5. The van der Waals surface area contributed by atoms with Crippen LogP contribution in [0.15, 0.2) is 91.7 Å². The lowest BCUT2D eigenvalue weighted by atomic mass is 10.1. The number of benzene rings is 1. The number of hydrogen-bond acceptors (Lipinski definition) is 4. The Hall–Kier alpha value is -3.86. The van der Waals surface area contributed by atoms with Crippen LogP contribution in [0.1, 0.15) is 15.9 Å². The third-order valence-electron chi connectivity index (χ3n) is 4.08. The molecule has 0 bridgehead atoms. The summed E-state index contributed by atoms with van der Waals surface area (Å²) in [5.41, 5.74) is 4.08. The molecule has 4 aromatic rings. The van der Waals surface area contributed by atoms with Gasteiger partial charge in [0.25, 0.3) is 0 Å². The minimum Gasteiger partial charge on any atom is -0.289 e. The van der Waals surface area contributed by atoms with Crippen molar-refractivity contribution in [2.24, 2.45) is 0 Å². The zero-order valence-corrected chi connectivity index (χ0v) is 14.4. The fourth-order valence-corrected chi connectivity index (χ4v) is 2.73. The van der Waals surface area contributed by atoms with E-state index in [4.69, 9.17) is 5.10 Å². The van der Waals surface area contributed by atoms with E-state index in [9.17, 15) is 4.79 Å². The van der Waals surface area contributed by atoms with Crippen molar-refractivity contribution >= 4 is 11.9 Å². The van der Waals surface area contributed by atoms with Crippen LogP contribution in [0.3, 0.4) is 0 Å². The summed E-state index contributed by atoms with van der Waals surface area (Å²) in [6.45, 7) is 0. The summed E-state index contributed by atoms with van der Waals surface area (Å²) >= 11 is 0. The van der Waals surface area contributed by atoms with E-state index in [1.807, 2.05) is 53.3 Å². The van der Waals surface area contributed by atoms with E-state index in [1.165, 1.54) is 0 Å². The molecule has 3 heterocycles. The molecule has 0 aliphatic heterocycles. The van der Waals surface area contributed by atoms with E-state index in [0.717, 1.165) is 22.5 Å². The Bertz CT molecular complexity index is 1070. The molecule has 0 unspecified atom stereocenters.